The predicted octanol–water partition coefficient (Wildman–Crippen LogP) is 1.51. The van der Waals surface area contributed by atoms with E-state index in [0.29, 0.717) is 18.2 Å². The molecule has 0 radical (unpaired) electrons. The van der Waals surface area contributed by atoms with E-state index in [9.17, 15) is 9.59 Å². The van der Waals surface area contributed by atoms with Crippen LogP contribution in [0.4, 0.5) is 0 Å². The minimum absolute atomic E-state index is 0.147. The van der Waals surface area contributed by atoms with Crippen molar-refractivity contribution in [2.45, 2.75) is 27.3 Å². The van der Waals surface area contributed by atoms with Crippen LogP contribution in [-0.4, -0.2) is 15.6 Å². The van der Waals surface area contributed by atoms with Crippen LogP contribution in [0.5, 0.6) is 0 Å². The smallest absolute Gasteiger partial charge is 0.337 e. The van der Waals surface area contributed by atoms with Crippen LogP contribution in [-0.2, 0) is 6.54 Å². The summed E-state index contributed by atoms with van der Waals surface area (Å²) in [6.07, 6.45) is 0. The van der Waals surface area contributed by atoms with Crippen molar-refractivity contribution in [3.8, 4) is 0 Å². The highest BCUT2D eigenvalue weighted by Crippen LogP contribution is 2.07. The zero-order valence-corrected chi connectivity index (χ0v) is 9.15. The molecule has 0 atom stereocenters. The number of hydrogen-bond acceptors (Lipinski definition) is 2. The molecule has 0 aromatic carbocycles. The van der Waals surface area contributed by atoms with Gasteiger partial charge in [-0.2, -0.15) is 0 Å². The Kier molecular flexibility index (Phi) is 3.29. The third kappa shape index (κ3) is 2.46. The number of aromatic nitrogens is 1. The van der Waals surface area contributed by atoms with Gasteiger partial charge >= 0.3 is 5.97 Å². The molecule has 1 N–H and O–H groups in total. The minimum atomic E-state index is -0.995. The molecule has 0 amide bonds. The summed E-state index contributed by atoms with van der Waals surface area (Å²) in [5, 5.41) is 8.90. The van der Waals surface area contributed by atoms with Crippen LogP contribution in [0.15, 0.2) is 16.9 Å². The van der Waals surface area contributed by atoms with Gasteiger partial charge in [0, 0.05) is 18.3 Å². The third-order valence-corrected chi connectivity index (χ3v) is 2.23. The van der Waals surface area contributed by atoms with Crippen molar-refractivity contribution in [1.82, 2.24) is 4.57 Å². The summed E-state index contributed by atoms with van der Waals surface area (Å²) in [5.41, 5.74) is 0.560. The van der Waals surface area contributed by atoms with Crippen LogP contribution in [0.2, 0.25) is 0 Å². The average Bonchev–Trinajstić information content (AvgIpc) is 2.11. The highest BCUT2D eigenvalue weighted by molar-refractivity contribution is 5.88. The number of hydrogen-bond donors (Lipinski definition) is 1. The molecule has 1 rings (SSSR count). The maximum Gasteiger partial charge on any atom is 0.337 e. The molecular weight excluding hydrogens is 194 g/mol. The lowest BCUT2D eigenvalue weighted by atomic mass is 10.1. The van der Waals surface area contributed by atoms with Crippen LogP contribution in [0.3, 0.4) is 0 Å². The molecule has 0 aliphatic carbocycles. The maximum absolute atomic E-state index is 11.5. The Morgan fingerprint density at radius 3 is 2.53 bits per heavy atom. The van der Waals surface area contributed by atoms with Crippen LogP contribution in [0.25, 0.3) is 0 Å². The van der Waals surface area contributed by atoms with Crippen molar-refractivity contribution >= 4 is 5.97 Å². The van der Waals surface area contributed by atoms with Gasteiger partial charge in [-0.05, 0) is 18.9 Å². The number of aromatic carboxylic acids is 1. The first-order valence-corrected chi connectivity index (χ1v) is 4.87. The number of carbonyl (C=O) groups is 1. The van der Waals surface area contributed by atoms with Crippen molar-refractivity contribution in [3.05, 3.63) is 33.7 Å². The molecule has 0 spiro atoms. The molecule has 1 heterocycles. The minimum Gasteiger partial charge on any atom is -0.478 e. The SMILES string of the molecule is Cc1c(C(=O)O)ccc(=O)n1CC(C)C. The highest BCUT2D eigenvalue weighted by Gasteiger charge is 2.12. The number of carboxylic acids is 1. The number of carboxylic acid groups (broad SMARTS) is 1. The van der Waals surface area contributed by atoms with Crippen molar-refractivity contribution in [2.75, 3.05) is 0 Å². The molecule has 0 aliphatic rings. The lowest BCUT2D eigenvalue weighted by Gasteiger charge is -2.13. The van der Waals surface area contributed by atoms with Crippen LogP contribution < -0.4 is 5.56 Å². The Balaban J connectivity index is 3.30. The highest BCUT2D eigenvalue weighted by atomic mass is 16.4. The summed E-state index contributed by atoms with van der Waals surface area (Å²) >= 11 is 0. The second kappa shape index (κ2) is 4.29. The second-order valence-electron chi connectivity index (χ2n) is 3.98. The fraction of sp³-hybridized carbons (Fsp3) is 0.455. The van der Waals surface area contributed by atoms with Crippen LogP contribution in [0, 0.1) is 12.8 Å². The molecule has 82 valence electrons. The summed E-state index contributed by atoms with van der Waals surface area (Å²) in [5.74, 6) is -0.685. The van der Waals surface area contributed by atoms with E-state index in [0.717, 1.165) is 0 Å². The number of pyridine rings is 1. The third-order valence-electron chi connectivity index (χ3n) is 2.23. The number of nitrogens with zero attached hydrogens (tertiary/aromatic N) is 1. The topological polar surface area (TPSA) is 59.3 Å². The monoisotopic (exact) mass is 209 g/mol. The lowest BCUT2D eigenvalue weighted by Crippen LogP contribution is -2.25. The van der Waals surface area contributed by atoms with Gasteiger partial charge in [-0.15, -0.1) is 0 Å². The Hall–Kier alpha value is -1.58. The molecular formula is C11H15NO3. The largest absolute Gasteiger partial charge is 0.478 e. The van der Waals surface area contributed by atoms with Crippen LogP contribution >= 0.6 is 0 Å². The van der Waals surface area contributed by atoms with Gasteiger partial charge < -0.3 is 9.67 Å². The van der Waals surface area contributed by atoms with Crippen molar-refractivity contribution in [1.29, 1.82) is 0 Å². The summed E-state index contributed by atoms with van der Waals surface area (Å²) in [7, 11) is 0. The fourth-order valence-corrected chi connectivity index (χ4v) is 1.49. The van der Waals surface area contributed by atoms with E-state index in [1.165, 1.54) is 16.7 Å². The number of rotatable bonds is 3. The van der Waals surface area contributed by atoms with Gasteiger partial charge in [0.05, 0.1) is 5.56 Å². The first-order valence-electron chi connectivity index (χ1n) is 4.87. The molecule has 4 heteroatoms. The molecule has 4 nitrogen and oxygen atoms in total. The lowest BCUT2D eigenvalue weighted by molar-refractivity contribution is 0.0694. The van der Waals surface area contributed by atoms with Gasteiger partial charge in [-0.3, -0.25) is 4.79 Å². The van der Waals surface area contributed by atoms with Crippen molar-refractivity contribution in [2.24, 2.45) is 5.92 Å². The van der Waals surface area contributed by atoms with Crippen molar-refractivity contribution < 1.29 is 9.90 Å². The quantitative estimate of drug-likeness (QED) is 0.820. The standard InChI is InChI=1S/C11H15NO3/c1-7(2)6-12-8(3)9(11(14)15)4-5-10(12)13/h4-5,7H,6H2,1-3H3,(H,14,15). The van der Waals surface area contributed by atoms with Gasteiger partial charge in [-0.1, -0.05) is 13.8 Å². The van der Waals surface area contributed by atoms with E-state index in [4.69, 9.17) is 5.11 Å². The molecule has 15 heavy (non-hydrogen) atoms. The Labute approximate surface area is 88.2 Å². The van der Waals surface area contributed by atoms with E-state index in [1.54, 1.807) is 6.92 Å². The van der Waals surface area contributed by atoms with E-state index in [2.05, 4.69) is 0 Å². The van der Waals surface area contributed by atoms with Gasteiger partial charge in [0.1, 0.15) is 0 Å². The molecule has 0 bridgehead atoms. The van der Waals surface area contributed by atoms with Crippen LogP contribution in [0.1, 0.15) is 29.9 Å². The molecule has 0 fully saturated rings. The summed E-state index contributed by atoms with van der Waals surface area (Å²) in [6.45, 7) is 6.18. The van der Waals surface area contributed by atoms with Gasteiger partial charge in [-0.25, -0.2) is 4.79 Å². The van der Waals surface area contributed by atoms with E-state index >= 15 is 0 Å². The summed E-state index contributed by atoms with van der Waals surface area (Å²) in [6, 6.07) is 2.66. The zero-order valence-electron chi connectivity index (χ0n) is 9.15. The molecule has 0 saturated carbocycles. The normalized spacial score (nSPS) is 10.7. The zero-order chi connectivity index (χ0) is 11.6. The Bertz CT molecular complexity index is 432. The van der Waals surface area contributed by atoms with Gasteiger partial charge in [0.15, 0.2) is 0 Å². The molecule has 0 saturated heterocycles. The van der Waals surface area contributed by atoms with E-state index in [-0.39, 0.29) is 11.1 Å². The molecule has 1 aromatic heterocycles. The summed E-state index contributed by atoms with van der Waals surface area (Å²) in [4.78, 5) is 22.4. The Morgan fingerprint density at radius 1 is 1.47 bits per heavy atom. The van der Waals surface area contributed by atoms with Gasteiger partial charge in [0.2, 0.25) is 0 Å². The van der Waals surface area contributed by atoms with Gasteiger partial charge in [0.25, 0.3) is 5.56 Å². The van der Waals surface area contributed by atoms with E-state index < -0.39 is 5.97 Å². The molecule has 0 aliphatic heterocycles. The molecule has 0 unspecified atom stereocenters. The fourth-order valence-electron chi connectivity index (χ4n) is 1.49. The molecule has 1 aromatic rings. The Morgan fingerprint density at radius 2 is 2.07 bits per heavy atom. The second-order valence-corrected chi connectivity index (χ2v) is 3.98. The summed E-state index contributed by atoms with van der Waals surface area (Å²) < 4.78 is 1.51. The maximum atomic E-state index is 11.5. The van der Waals surface area contributed by atoms with E-state index in [1.807, 2.05) is 13.8 Å². The predicted molar refractivity (Wildman–Crippen MR) is 57.2 cm³/mol. The first-order chi connectivity index (χ1) is 6.93. The first kappa shape index (κ1) is 11.5. The average molecular weight is 209 g/mol. The van der Waals surface area contributed by atoms with Crippen molar-refractivity contribution in [3.63, 3.8) is 0 Å².